The largest absolute Gasteiger partial charge is 0.394 e. The highest BCUT2D eigenvalue weighted by atomic mass is 16.8. The molecule has 16 N–H and O–H groups in total. The highest BCUT2D eigenvalue weighted by Gasteiger charge is 2.76. The Morgan fingerprint density at radius 1 is 0.500 bits per heavy atom. The highest BCUT2D eigenvalue weighted by molar-refractivity contribution is 5.17. The Kier molecular flexibility index (Phi) is 11.7. The van der Waals surface area contributed by atoms with Crippen molar-refractivity contribution in [1.82, 2.24) is 0 Å². The van der Waals surface area contributed by atoms with Crippen LogP contribution in [-0.2, 0) is 28.4 Å². The molecule has 22 nitrogen and oxygen atoms in total. The Labute approximate surface area is 258 Å². The standard InChI is InChI=1S/C24H42O22/c25-1-6-9(30)12(33)19(39)24(44-6,46-23(5-29)18(38)10(31)7(2-26)43-23)22(4-28)17(37)13(34)15(36)21(45-22)42-16-8(3-27)41-20(40)14(35)11(16)32/h6-21,25-40H,1-5H2/t6-,7-,8-,9-,10-,11-,12+,13-,14?,15-,16-,17-,18+,19-,20?,21-,22+,23?,24-/m1/s1. The lowest BCUT2D eigenvalue weighted by atomic mass is 9.74. The second-order valence-corrected chi connectivity index (χ2v) is 11.6. The van der Waals surface area contributed by atoms with E-state index in [0.29, 0.717) is 0 Å². The van der Waals surface area contributed by atoms with Gasteiger partial charge >= 0.3 is 0 Å². The van der Waals surface area contributed by atoms with Crippen molar-refractivity contribution < 1.29 is 110 Å². The molecule has 270 valence electrons. The molecule has 0 spiro atoms. The maximum atomic E-state index is 11.4. The zero-order valence-corrected chi connectivity index (χ0v) is 23.9. The van der Waals surface area contributed by atoms with E-state index in [1.54, 1.807) is 0 Å². The SMILES string of the molecule is OC[C@H]1OC(CO)(O[C@]2([C@@]3(CO)O[C@@H](O[C@H]4[C@H](O)C(O)C(O)O[C@@H]4CO)[C@H](O)[C@@H](O)[C@H]3O)O[C@H](CO)[C@@H](O)[C@H](O)[C@H]2O)[C@@H](O)[C@@H]1O. The van der Waals surface area contributed by atoms with Gasteiger partial charge in [0, 0.05) is 0 Å². The molecule has 19 atom stereocenters. The maximum absolute atomic E-state index is 11.4. The Bertz CT molecular complexity index is 1010. The van der Waals surface area contributed by atoms with Gasteiger partial charge in [-0.3, -0.25) is 0 Å². The molecule has 4 aliphatic heterocycles. The third-order valence-electron chi connectivity index (χ3n) is 8.89. The summed E-state index contributed by atoms with van der Waals surface area (Å²) in [6, 6.07) is 0. The molecule has 22 heteroatoms. The summed E-state index contributed by atoms with van der Waals surface area (Å²) in [5, 5.41) is 168. The molecule has 3 unspecified atom stereocenters. The fourth-order valence-corrected chi connectivity index (χ4v) is 6.17. The summed E-state index contributed by atoms with van der Waals surface area (Å²) >= 11 is 0. The van der Waals surface area contributed by atoms with Gasteiger partial charge in [0.25, 0.3) is 0 Å². The first kappa shape index (κ1) is 37.9. The van der Waals surface area contributed by atoms with Crippen LogP contribution in [0.1, 0.15) is 0 Å². The van der Waals surface area contributed by atoms with Gasteiger partial charge in [0.15, 0.2) is 18.2 Å². The van der Waals surface area contributed by atoms with Crippen LogP contribution in [0.4, 0.5) is 0 Å². The average Bonchev–Trinajstić information content (AvgIpc) is 3.29. The number of rotatable bonds is 10. The van der Waals surface area contributed by atoms with Crippen LogP contribution in [0.3, 0.4) is 0 Å². The van der Waals surface area contributed by atoms with E-state index in [-0.39, 0.29) is 0 Å². The molecule has 0 radical (unpaired) electrons. The molecule has 0 aromatic heterocycles. The van der Waals surface area contributed by atoms with Crippen LogP contribution in [0.15, 0.2) is 0 Å². The van der Waals surface area contributed by atoms with Crippen molar-refractivity contribution in [2.45, 2.75) is 115 Å². The van der Waals surface area contributed by atoms with E-state index < -0.39 is 148 Å². The predicted molar refractivity (Wildman–Crippen MR) is 135 cm³/mol. The lowest BCUT2D eigenvalue weighted by Gasteiger charge is -2.61. The zero-order chi connectivity index (χ0) is 34.5. The first-order valence-electron chi connectivity index (χ1n) is 14.1. The Balaban J connectivity index is 1.87. The number of aliphatic hydroxyl groups is 16. The smallest absolute Gasteiger partial charge is 0.235 e. The molecule has 4 fully saturated rings. The highest BCUT2D eigenvalue weighted by Crippen LogP contribution is 2.51. The minimum atomic E-state index is -3.52. The summed E-state index contributed by atoms with van der Waals surface area (Å²) < 4.78 is 32.9. The van der Waals surface area contributed by atoms with Crippen LogP contribution in [-0.4, -0.2) is 230 Å². The second-order valence-electron chi connectivity index (χ2n) is 11.6. The Morgan fingerprint density at radius 3 is 1.59 bits per heavy atom. The van der Waals surface area contributed by atoms with Crippen molar-refractivity contribution in [1.29, 1.82) is 0 Å². The Hall–Kier alpha value is -0.880. The first-order valence-corrected chi connectivity index (χ1v) is 14.1. The second kappa shape index (κ2) is 14.2. The van der Waals surface area contributed by atoms with Crippen LogP contribution >= 0.6 is 0 Å². The van der Waals surface area contributed by atoms with E-state index in [1.165, 1.54) is 0 Å². The minimum absolute atomic E-state index is 0.982. The van der Waals surface area contributed by atoms with Crippen LogP contribution in [0.2, 0.25) is 0 Å². The van der Waals surface area contributed by atoms with E-state index in [2.05, 4.69) is 0 Å². The van der Waals surface area contributed by atoms with Crippen molar-refractivity contribution in [3.8, 4) is 0 Å². The molecular weight excluding hydrogens is 640 g/mol. The normalized spacial score (nSPS) is 55.0. The first-order chi connectivity index (χ1) is 21.6. The van der Waals surface area contributed by atoms with Gasteiger partial charge in [-0.15, -0.1) is 0 Å². The fraction of sp³-hybridized carbons (Fsp3) is 1.00. The fourth-order valence-electron chi connectivity index (χ4n) is 6.17. The van der Waals surface area contributed by atoms with Crippen molar-refractivity contribution in [2.24, 2.45) is 0 Å². The third-order valence-corrected chi connectivity index (χ3v) is 8.89. The topological polar surface area (TPSA) is 379 Å². The van der Waals surface area contributed by atoms with Crippen molar-refractivity contribution >= 4 is 0 Å². The van der Waals surface area contributed by atoms with E-state index in [1.807, 2.05) is 0 Å². The van der Waals surface area contributed by atoms with Gasteiger partial charge in [-0.25, -0.2) is 0 Å². The van der Waals surface area contributed by atoms with Crippen LogP contribution in [0.5, 0.6) is 0 Å². The zero-order valence-electron chi connectivity index (χ0n) is 23.9. The number of hydrogen-bond donors (Lipinski definition) is 16. The number of ether oxygens (including phenoxy) is 6. The van der Waals surface area contributed by atoms with Crippen LogP contribution < -0.4 is 0 Å². The quantitative estimate of drug-likeness (QED) is 0.102. The van der Waals surface area contributed by atoms with Gasteiger partial charge in [-0.05, 0) is 0 Å². The van der Waals surface area contributed by atoms with Gasteiger partial charge < -0.3 is 110 Å². The lowest BCUT2D eigenvalue weighted by Crippen LogP contribution is -2.84. The maximum Gasteiger partial charge on any atom is 0.235 e. The van der Waals surface area contributed by atoms with E-state index in [9.17, 15) is 81.7 Å². The summed E-state index contributed by atoms with van der Waals surface area (Å²) in [4.78, 5) is 0. The van der Waals surface area contributed by atoms with Gasteiger partial charge in [0.1, 0.15) is 92.1 Å². The molecule has 4 heterocycles. The molecule has 4 saturated heterocycles. The van der Waals surface area contributed by atoms with Gasteiger partial charge in [0.2, 0.25) is 11.6 Å². The van der Waals surface area contributed by atoms with Gasteiger partial charge in [-0.1, -0.05) is 0 Å². The van der Waals surface area contributed by atoms with E-state index in [0.717, 1.165) is 0 Å². The van der Waals surface area contributed by atoms with Crippen LogP contribution in [0, 0.1) is 0 Å². The Morgan fingerprint density at radius 2 is 1.07 bits per heavy atom. The molecule has 4 rings (SSSR count). The van der Waals surface area contributed by atoms with Crippen LogP contribution in [0.25, 0.3) is 0 Å². The third kappa shape index (κ3) is 5.77. The monoisotopic (exact) mass is 682 g/mol. The van der Waals surface area contributed by atoms with Crippen molar-refractivity contribution in [3.05, 3.63) is 0 Å². The van der Waals surface area contributed by atoms with E-state index in [4.69, 9.17) is 28.4 Å². The molecular formula is C24H42O22. The molecule has 0 aromatic rings. The molecule has 0 aliphatic carbocycles. The summed E-state index contributed by atoms with van der Waals surface area (Å²) in [6.45, 7) is -6.31. The molecule has 46 heavy (non-hydrogen) atoms. The average molecular weight is 683 g/mol. The predicted octanol–water partition coefficient (Wildman–Crippen LogP) is -11.0. The summed E-state index contributed by atoms with van der Waals surface area (Å²) in [6.07, 6.45) is -35.1. The molecule has 4 aliphatic rings. The summed E-state index contributed by atoms with van der Waals surface area (Å²) in [7, 11) is 0. The van der Waals surface area contributed by atoms with Gasteiger partial charge in [-0.2, -0.15) is 0 Å². The number of aliphatic hydroxyl groups excluding tert-OH is 16. The number of hydrogen-bond acceptors (Lipinski definition) is 22. The minimum Gasteiger partial charge on any atom is -0.394 e. The molecule has 0 saturated carbocycles. The summed E-state index contributed by atoms with van der Waals surface area (Å²) in [5.41, 5.74) is -3.30. The lowest BCUT2D eigenvalue weighted by molar-refractivity contribution is -0.506. The van der Waals surface area contributed by atoms with E-state index >= 15 is 0 Å². The van der Waals surface area contributed by atoms with Crippen molar-refractivity contribution in [3.63, 3.8) is 0 Å². The molecule has 0 bridgehead atoms. The molecule has 0 amide bonds. The van der Waals surface area contributed by atoms with Crippen molar-refractivity contribution in [2.75, 3.05) is 33.0 Å². The van der Waals surface area contributed by atoms with Gasteiger partial charge in [0.05, 0.1) is 26.4 Å². The molecule has 0 aromatic carbocycles. The summed E-state index contributed by atoms with van der Waals surface area (Å²) in [5.74, 6) is -6.51.